The minimum absolute atomic E-state index is 0.00257. The monoisotopic (exact) mass is 788 g/mol. The fraction of sp³-hybridized carbons (Fsp3) is 0.850. The molecule has 1 unspecified atom stereocenters. The number of hydrogen-bond acceptors (Lipinski definition) is 10. The van der Waals surface area contributed by atoms with E-state index in [4.69, 9.17) is 24.1 Å². The fourth-order valence-electron chi connectivity index (χ4n) is 5.61. The van der Waals surface area contributed by atoms with E-state index in [1.165, 1.54) is 64.7 Å². The Bertz CT molecular complexity index is 1010. The fourth-order valence-corrected chi connectivity index (χ4v) is 5.61. The third-order valence-corrected chi connectivity index (χ3v) is 8.70. The van der Waals surface area contributed by atoms with Crippen molar-refractivity contribution in [1.29, 1.82) is 0 Å². The lowest BCUT2D eigenvalue weighted by atomic mass is 10.0. The second-order valence-electron chi connectivity index (χ2n) is 14.0. The molecule has 0 radical (unpaired) electrons. The second kappa shape index (κ2) is 39.1. The van der Waals surface area contributed by atoms with Gasteiger partial charge in [-0.15, -0.1) is 0 Å². The maximum absolute atomic E-state index is 12.3. The van der Waals surface area contributed by atoms with Crippen molar-refractivity contribution >= 4 is 35.4 Å². The van der Waals surface area contributed by atoms with Gasteiger partial charge < -0.3 is 45.1 Å². The number of nitrogens with one attached hydrogen (secondary N) is 3. The van der Waals surface area contributed by atoms with Crippen LogP contribution in [-0.2, 0) is 47.7 Å². The highest BCUT2D eigenvalue weighted by Gasteiger charge is 2.20. The van der Waals surface area contributed by atoms with Gasteiger partial charge in [-0.1, -0.05) is 89.9 Å². The number of carbonyl (C=O) groups is 6. The van der Waals surface area contributed by atoms with Gasteiger partial charge in [0, 0.05) is 45.6 Å². The number of Topliss-reactive ketones (excluding diaryl/α,β-unsaturated/α-hetero) is 1. The van der Waals surface area contributed by atoms with E-state index in [-0.39, 0.29) is 62.4 Å². The van der Waals surface area contributed by atoms with Gasteiger partial charge in [0.1, 0.15) is 19.3 Å². The van der Waals surface area contributed by atoms with Crippen molar-refractivity contribution in [2.24, 2.45) is 0 Å². The lowest BCUT2D eigenvalue weighted by Gasteiger charge is -2.14. The number of hydrogen-bond donors (Lipinski definition) is 5. The van der Waals surface area contributed by atoms with E-state index >= 15 is 0 Å². The molecule has 0 aromatic rings. The molecule has 0 aromatic carbocycles. The van der Waals surface area contributed by atoms with Crippen molar-refractivity contribution in [1.82, 2.24) is 16.0 Å². The van der Waals surface area contributed by atoms with Crippen LogP contribution >= 0.6 is 0 Å². The van der Waals surface area contributed by atoms with Crippen LogP contribution in [-0.4, -0.2) is 118 Å². The minimum Gasteiger partial charge on any atom is -0.481 e. The predicted molar refractivity (Wildman–Crippen MR) is 209 cm³/mol. The van der Waals surface area contributed by atoms with Crippen molar-refractivity contribution < 1.29 is 57.9 Å². The van der Waals surface area contributed by atoms with Gasteiger partial charge in [-0.3, -0.25) is 24.0 Å². The Hall–Kier alpha value is -3.14. The van der Waals surface area contributed by atoms with Crippen LogP contribution in [0.2, 0.25) is 0 Å². The Morgan fingerprint density at radius 2 is 0.873 bits per heavy atom. The number of aliphatic carboxylic acids is 2. The molecule has 55 heavy (non-hydrogen) atoms. The third kappa shape index (κ3) is 40.3. The molecule has 0 fully saturated rings. The van der Waals surface area contributed by atoms with Crippen molar-refractivity contribution in [2.75, 3.05) is 65.9 Å². The number of ether oxygens (including phenoxy) is 4. The quantitative estimate of drug-likeness (QED) is 0.0511. The molecule has 320 valence electrons. The molecule has 0 aliphatic rings. The third-order valence-electron chi connectivity index (χ3n) is 8.70. The molecule has 1 atom stereocenters. The number of rotatable bonds is 42. The smallest absolute Gasteiger partial charge is 0.326 e. The number of unbranched alkanes of at least 4 members (excludes halogenated alkanes) is 15. The predicted octanol–water partition coefficient (Wildman–Crippen LogP) is 5.11. The molecule has 0 bridgehead atoms. The molecule has 3 amide bonds. The van der Waals surface area contributed by atoms with Gasteiger partial charge in [-0.25, -0.2) is 4.79 Å². The Morgan fingerprint density at radius 3 is 1.31 bits per heavy atom. The van der Waals surface area contributed by atoms with Crippen LogP contribution in [0.4, 0.5) is 0 Å². The molecule has 0 aromatic heterocycles. The summed E-state index contributed by atoms with van der Waals surface area (Å²) in [6.07, 6.45) is 19.8. The van der Waals surface area contributed by atoms with Crippen molar-refractivity contribution in [2.45, 2.75) is 154 Å². The molecule has 0 aliphatic carbocycles. The Kier molecular flexibility index (Phi) is 36.9. The Labute approximate surface area is 329 Å². The van der Waals surface area contributed by atoms with E-state index in [1.54, 1.807) is 0 Å². The molecular formula is C40H73N3O12. The van der Waals surface area contributed by atoms with Gasteiger partial charge >= 0.3 is 11.9 Å². The largest absolute Gasteiger partial charge is 0.481 e. The Morgan fingerprint density at radius 1 is 0.455 bits per heavy atom. The lowest BCUT2D eigenvalue weighted by Crippen LogP contribution is -2.41. The zero-order chi connectivity index (χ0) is 40.6. The zero-order valence-corrected chi connectivity index (χ0v) is 33.7. The molecule has 15 heteroatoms. The normalized spacial score (nSPS) is 11.6. The van der Waals surface area contributed by atoms with Gasteiger partial charge in [0.25, 0.3) is 0 Å². The van der Waals surface area contributed by atoms with E-state index < -0.39 is 18.0 Å². The highest BCUT2D eigenvalue weighted by atomic mass is 16.5. The summed E-state index contributed by atoms with van der Waals surface area (Å²) in [6, 6.07) is -1.10. The van der Waals surface area contributed by atoms with Crippen LogP contribution in [0, 0.1) is 0 Å². The van der Waals surface area contributed by atoms with Crippen LogP contribution < -0.4 is 16.0 Å². The Balaban J connectivity index is 3.58. The summed E-state index contributed by atoms with van der Waals surface area (Å²) in [5.41, 5.74) is 0. The molecular weight excluding hydrogens is 714 g/mol. The lowest BCUT2D eigenvalue weighted by molar-refractivity contribution is -0.142. The second-order valence-corrected chi connectivity index (χ2v) is 14.0. The van der Waals surface area contributed by atoms with Gasteiger partial charge in [0.05, 0.1) is 26.4 Å². The first-order valence-corrected chi connectivity index (χ1v) is 20.7. The molecule has 0 aliphatic heterocycles. The van der Waals surface area contributed by atoms with E-state index in [0.717, 1.165) is 38.5 Å². The first-order valence-electron chi connectivity index (χ1n) is 20.7. The van der Waals surface area contributed by atoms with Gasteiger partial charge in [-0.05, 0) is 39.0 Å². The summed E-state index contributed by atoms with van der Waals surface area (Å²) >= 11 is 0. The highest BCUT2D eigenvalue weighted by Crippen LogP contribution is 2.14. The summed E-state index contributed by atoms with van der Waals surface area (Å²) in [7, 11) is 0. The van der Waals surface area contributed by atoms with E-state index in [1.807, 2.05) is 0 Å². The number of carboxylic acids is 2. The van der Waals surface area contributed by atoms with E-state index in [0.29, 0.717) is 72.0 Å². The van der Waals surface area contributed by atoms with Gasteiger partial charge in [0.2, 0.25) is 17.7 Å². The number of carboxylic acid groups (broad SMARTS) is 2. The number of ketones is 1. The highest BCUT2D eigenvalue weighted by molar-refractivity contribution is 5.84. The van der Waals surface area contributed by atoms with Crippen LogP contribution in [0.3, 0.4) is 0 Å². The zero-order valence-electron chi connectivity index (χ0n) is 33.7. The van der Waals surface area contributed by atoms with Crippen LogP contribution in [0.5, 0.6) is 0 Å². The molecule has 15 nitrogen and oxygen atoms in total. The van der Waals surface area contributed by atoms with E-state index in [9.17, 15) is 33.9 Å². The summed E-state index contributed by atoms with van der Waals surface area (Å²) in [6.45, 7) is 4.55. The molecule has 0 saturated heterocycles. The first kappa shape index (κ1) is 51.9. The molecule has 0 saturated carbocycles. The molecule has 5 N–H and O–H groups in total. The van der Waals surface area contributed by atoms with Crippen LogP contribution in [0.25, 0.3) is 0 Å². The number of amides is 3. The summed E-state index contributed by atoms with van der Waals surface area (Å²) in [4.78, 5) is 68.9. The maximum Gasteiger partial charge on any atom is 0.326 e. The van der Waals surface area contributed by atoms with Gasteiger partial charge in [-0.2, -0.15) is 0 Å². The van der Waals surface area contributed by atoms with E-state index in [2.05, 4.69) is 16.0 Å². The summed E-state index contributed by atoms with van der Waals surface area (Å²) in [5.74, 6) is -2.83. The standard InChI is InChI=1S/C40H73N3O12/c1-34(44)32-55-33-38(47)42-25-19-27-53-29-31-54-30-28-52-26-18-24-41-36(45)23-22-35(40(50)51)43-37(46)20-16-14-12-10-8-6-4-2-3-5-7-9-11-13-15-17-21-39(48)49/h35H,2-33H2,1H3,(H,41,45)(H,42,47)(H,43,46)(H,48,49)(H,50,51). The molecule has 0 spiro atoms. The number of carbonyl (C=O) groups excluding carboxylic acids is 4. The van der Waals surface area contributed by atoms with Gasteiger partial charge in [0.15, 0.2) is 5.78 Å². The molecule has 0 heterocycles. The van der Waals surface area contributed by atoms with Crippen molar-refractivity contribution in [3.05, 3.63) is 0 Å². The summed E-state index contributed by atoms with van der Waals surface area (Å²) in [5, 5.41) is 26.1. The first-order chi connectivity index (χ1) is 26.6. The average Bonchev–Trinajstić information content (AvgIpc) is 3.13. The molecule has 0 rings (SSSR count). The maximum atomic E-state index is 12.3. The SMILES string of the molecule is CC(=O)COCC(=O)NCCCOCCOCCOCCCNC(=O)CCC(NC(=O)CCCCCCCCCCCCCCCCCCC(=O)O)C(=O)O. The minimum atomic E-state index is -1.15. The van der Waals surface area contributed by atoms with Crippen molar-refractivity contribution in [3.8, 4) is 0 Å². The average molecular weight is 788 g/mol. The van der Waals surface area contributed by atoms with Crippen LogP contribution in [0.1, 0.15) is 148 Å². The topological polar surface area (TPSA) is 216 Å². The van der Waals surface area contributed by atoms with Crippen LogP contribution in [0.15, 0.2) is 0 Å². The summed E-state index contributed by atoms with van der Waals surface area (Å²) < 4.78 is 21.3. The van der Waals surface area contributed by atoms with Crippen molar-refractivity contribution in [3.63, 3.8) is 0 Å².